The SMILES string of the molecule is C=COC(C)OC(C)OCC(C)OC(=O)C=C. The number of hydrogen-bond acceptors (Lipinski definition) is 5. The van der Waals surface area contributed by atoms with Gasteiger partial charge in [-0.3, -0.25) is 0 Å². The van der Waals surface area contributed by atoms with Gasteiger partial charge in [0.05, 0.1) is 12.9 Å². The summed E-state index contributed by atoms with van der Waals surface area (Å²) in [6.07, 6.45) is 1.15. The summed E-state index contributed by atoms with van der Waals surface area (Å²) in [6, 6.07) is 0. The number of carbonyl (C=O) groups is 1. The summed E-state index contributed by atoms with van der Waals surface area (Å²) in [7, 11) is 0. The van der Waals surface area contributed by atoms with Crippen LogP contribution in [0.1, 0.15) is 20.8 Å². The Labute approximate surface area is 102 Å². The van der Waals surface area contributed by atoms with E-state index < -0.39 is 18.5 Å². The molecular weight excluding hydrogens is 224 g/mol. The highest BCUT2D eigenvalue weighted by Crippen LogP contribution is 2.03. The zero-order chi connectivity index (χ0) is 13.3. The molecule has 98 valence electrons. The first-order valence-corrected chi connectivity index (χ1v) is 5.36. The van der Waals surface area contributed by atoms with E-state index in [9.17, 15) is 4.79 Å². The molecule has 0 aliphatic heterocycles. The fourth-order valence-electron chi connectivity index (χ4n) is 1.03. The monoisotopic (exact) mass is 244 g/mol. The maximum Gasteiger partial charge on any atom is 0.330 e. The summed E-state index contributed by atoms with van der Waals surface area (Å²) in [4.78, 5) is 10.9. The molecule has 5 nitrogen and oxygen atoms in total. The molecule has 17 heavy (non-hydrogen) atoms. The Morgan fingerprint density at radius 2 is 1.88 bits per heavy atom. The molecule has 0 aliphatic rings. The van der Waals surface area contributed by atoms with Crippen LogP contribution in [0, 0.1) is 0 Å². The summed E-state index contributed by atoms with van der Waals surface area (Å²) in [5, 5.41) is 0. The van der Waals surface area contributed by atoms with Crippen LogP contribution in [0.4, 0.5) is 0 Å². The van der Waals surface area contributed by atoms with Crippen LogP contribution in [0.2, 0.25) is 0 Å². The molecular formula is C12H20O5. The molecule has 3 atom stereocenters. The van der Waals surface area contributed by atoms with Crippen LogP contribution >= 0.6 is 0 Å². The largest absolute Gasteiger partial charge is 0.473 e. The minimum atomic E-state index is -0.474. The Bertz CT molecular complexity index is 251. The minimum Gasteiger partial charge on any atom is -0.473 e. The van der Waals surface area contributed by atoms with Crippen molar-refractivity contribution in [3.63, 3.8) is 0 Å². The number of esters is 1. The fraction of sp³-hybridized carbons (Fsp3) is 0.583. The lowest BCUT2D eigenvalue weighted by atomic mass is 10.4. The summed E-state index contributed by atoms with van der Waals surface area (Å²) < 4.78 is 20.5. The Kier molecular flexibility index (Phi) is 8.09. The van der Waals surface area contributed by atoms with Crippen LogP contribution in [0.15, 0.2) is 25.5 Å². The first-order valence-electron chi connectivity index (χ1n) is 5.36. The van der Waals surface area contributed by atoms with Crippen molar-refractivity contribution in [1.29, 1.82) is 0 Å². The van der Waals surface area contributed by atoms with Crippen LogP contribution < -0.4 is 0 Å². The van der Waals surface area contributed by atoms with Crippen molar-refractivity contribution in [2.24, 2.45) is 0 Å². The normalized spacial score (nSPS) is 15.5. The molecule has 0 rings (SSSR count). The van der Waals surface area contributed by atoms with Gasteiger partial charge in [-0.05, 0) is 20.8 Å². The van der Waals surface area contributed by atoms with Gasteiger partial charge in [-0.2, -0.15) is 0 Å². The van der Waals surface area contributed by atoms with Gasteiger partial charge in [0.1, 0.15) is 6.10 Å². The highest BCUT2D eigenvalue weighted by atomic mass is 16.8. The molecule has 0 aromatic carbocycles. The van der Waals surface area contributed by atoms with Crippen molar-refractivity contribution < 1.29 is 23.7 Å². The van der Waals surface area contributed by atoms with E-state index in [4.69, 9.17) is 18.9 Å². The lowest BCUT2D eigenvalue weighted by molar-refractivity contribution is -0.222. The first kappa shape index (κ1) is 15.7. The van der Waals surface area contributed by atoms with Gasteiger partial charge in [-0.25, -0.2) is 4.79 Å². The highest BCUT2D eigenvalue weighted by Gasteiger charge is 2.12. The van der Waals surface area contributed by atoms with Crippen LogP contribution in [0.25, 0.3) is 0 Å². The average Bonchev–Trinajstić information content (AvgIpc) is 2.26. The minimum absolute atomic E-state index is 0.238. The van der Waals surface area contributed by atoms with E-state index in [1.54, 1.807) is 20.8 Å². The summed E-state index contributed by atoms with van der Waals surface area (Å²) in [6.45, 7) is 12.1. The van der Waals surface area contributed by atoms with Gasteiger partial charge in [-0.15, -0.1) is 0 Å². The molecule has 0 N–H and O–H groups in total. The van der Waals surface area contributed by atoms with Gasteiger partial charge >= 0.3 is 5.97 Å². The summed E-state index contributed by atoms with van der Waals surface area (Å²) in [5.41, 5.74) is 0. The number of ether oxygens (including phenoxy) is 4. The molecule has 0 bridgehead atoms. The van der Waals surface area contributed by atoms with E-state index in [0.717, 1.165) is 6.08 Å². The third kappa shape index (κ3) is 8.47. The quantitative estimate of drug-likeness (QED) is 0.269. The smallest absolute Gasteiger partial charge is 0.330 e. The number of hydrogen-bond donors (Lipinski definition) is 0. The predicted molar refractivity (Wildman–Crippen MR) is 63.0 cm³/mol. The van der Waals surface area contributed by atoms with Crippen molar-refractivity contribution in [3.05, 3.63) is 25.5 Å². The van der Waals surface area contributed by atoms with Crippen molar-refractivity contribution in [2.45, 2.75) is 39.5 Å². The second kappa shape index (κ2) is 8.78. The van der Waals surface area contributed by atoms with Gasteiger partial charge in [0.15, 0.2) is 12.6 Å². The maximum absolute atomic E-state index is 10.9. The highest BCUT2D eigenvalue weighted by molar-refractivity contribution is 5.81. The molecule has 0 spiro atoms. The third-order valence-corrected chi connectivity index (χ3v) is 1.72. The number of rotatable bonds is 9. The molecule has 0 fully saturated rings. The topological polar surface area (TPSA) is 54.0 Å². The van der Waals surface area contributed by atoms with Gasteiger partial charge < -0.3 is 18.9 Å². The second-order valence-electron chi connectivity index (χ2n) is 3.36. The van der Waals surface area contributed by atoms with Crippen molar-refractivity contribution in [3.8, 4) is 0 Å². The maximum atomic E-state index is 10.9. The van der Waals surface area contributed by atoms with Crippen molar-refractivity contribution in [1.82, 2.24) is 0 Å². The van der Waals surface area contributed by atoms with Crippen LogP contribution in [-0.2, 0) is 23.7 Å². The molecule has 0 aromatic heterocycles. The molecule has 0 aliphatic carbocycles. The molecule has 0 heterocycles. The van der Waals surface area contributed by atoms with Crippen LogP contribution in [-0.4, -0.2) is 31.3 Å². The number of carbonyl (C=O) groups excluding carboxylic acids is 1. The molecule has 5 heteroatoms. The lowest BCUT2D eigenvalue weighted by Gasteiger charge is -2.20. The van der Waals surface area contributed by atoms with E-state index in [-0.39, 0.29) is 12.7 Å². The Morgan fingerprint density at radius 1 is 1.24 bits per heavy atom. The van der Waals surface area contributed by atoms with Crippen LogP contribution in [0.5, 0.6) is 0 Å². The molecule has 3 unspecified atom stereocenters. The summed E-state index contributed by atoms with van der Waals surface area (Å²) in [5.74, 6) is -0.474. The Hall–Kier alpha value is -1.33. The van der Waals surface area contributed by atoms with Gasteiger partial charge in [0.2, 0.25) is 0 Å². The van der Waals surface area contributed by atoms with E-state index in [1.165, 1.54) is 6.26 Å². The fourth-order valence-corrected chi connectivity index (χ4v) is 1.03. The molecule has 0 radical (unpaired) electrons. The Morgan fingerprint density at radius 3 is 2.41 bits per heavy atom. The van der Waals surface area contributed by atoms with E-state index in [2.05, 4.69) is 13.2 Å². The van der Waals surface area contributed by atoms with Crippen LogP contribution in [0.3, 0.4) is 0 Å². The van der Waals surface area contributed by atoms with Gasteiger partial charge in [0.25, 0.3) is 0 Å². The van der Waals surface area contributed by atoms with Crippen molar-refractivity contribution in [2.75, 3.05) is 6.61 Å². The van der Waals surface area contributed by atoms with E-state index >= 15 is 0 Å². The van der Waals surface area contributed by atoms with Gasteiger partial charge in [0, 0.05) is 6.08 Å². The molecule has 0 aromatic rings. The van der Waals surface area contributed by atoms with E-state index in [0.29, 0.717) is 0 Å². The average molecular weight is 244 g/mol. The van der Waals surface area contributed by atoms with E-state index in [1.807, 2.05) is 0 Å². The molecule has 0 saturated carbocycles. The van der Waals surface area contributed by atoms with Crippen molar-refractivity contribution >= 4 is 5.97 Å². The predicted octanol–water partition coefficient (Wildman–Crippen LogP) is 1.99. The van der Waals surface area contributed by atoms with Gasteiger partial charge in [-0.1, -0.05) is 13.2 Å². The zero-order valence-corrected chi connectivity index (χ0v) is 10.5. The molecule has 0 amide bonds. The summed E-state index contributed by atoms with van der Waals surface area (Å²) >= 11 is 0. The zero-order valence-electron chi connectivity index (χ0n) is 10.5. The second-order valence-corrected chi connectivity index (χ2v) is 3.36. The molecule has 0 saturated heterocycles. The standard InChI is InChI=1S/C12H20O5/c1-6-12(13)16-9(3)8-15-11(5)17-10(4)14-7-2/h6-7,9-11H,1-2,8H2,3-5H3. The Balaban J connectivity index is 3.75. The lowest BCUT2D eigenvalue weighted by Crippen LogP contribution is -2.26. The third-order valence-electron chi connectivity index (χ3n) is 1.72. The first-order chi connectivity index (χ1) is 7.99.